The highest BCUT2D eigenvalue weighted by atomic mass is 35.5. The fraction of sp³-hybridized carbons (Fsp3) is 0.125. The lowest BCUT2D eigenvalue weighted by Gasteiger charge is -2.29. The normalized spacial score (nSPS) is 19.8. The van der Waals surface area contributed by atoms with Crippen molar-refractivity contribution in [2.75, 3.05) is 4.90 Å². The molecule has 1 fully saturated rings. The largest absolute Gasteiger partial charge is 0.440 e. The first-order chi connectivity index (χ1) is 12.7. The number of nitrogens with one attached hydrogen (secondary N) is 2. The van der Waals surface area contributed by atoms with Gasteiger partial charge < -0.3 is 5.32 Å². The second-order valence-corrected chi connectivity index (χ2v) is 5.93. The van der Waals surface area contributed by atoms with E-state index in [9.17, 15) is 27.6 Å². The molecule has 2 heterocycles. The summed E-state index contributed by atoms with van der Waals surface area (Å²) in [6, 6.07) is 6.23. The summed E-state index contributed by atoms with van der Waals surface area (Å²) >= 11 is 5.71. The van der Waals surface area contributed by atoms with Crippen LogP contribution < -0.4 is 15.5 Å². The average molecular weight is 399 g/mol. The van der Waals surface area contributed by atoms with Crippen LogP contribution in [0.2, 0.25) is 5.02 Å². The Morgan fingerprint density at radius 2 is 1.85 bits per heavy atom. The molecule has 2 N–H and O–H groups in total. The van der Waals surface area contributed by atoms with E-state index in [4.69, 9.17) is 11.6 Å². The maximum atomic E-state index is 13.8. The van der Waals surface area contributed by atoms with Crippen LogP contribution in [-0.4, -0.2) is 34.7 Å². The van der Waals surface area contributed by atoms with Gasteiger partial charge in [0.15, 0.2) is 0 Å². The second kappa shape index (κ2) is 6.54. The Bertz CT molecular complexity index is 905. The van der Waals surface area contributed by atoms with E-state index in [1.165, 1.54) is 42.6 Å². The van der Waals surface area contributed by atoms with Gasteiger partial charge in [0.05, 0.1) is 11.3 Å². The zero-order valence-electron chi connectivity index (χ0n) is 13.2. The van der Waals surface area contributed by atoms with Crippen LogP contribution in [0.15, 0.2) is 48.8 Å². The molecule has 11 heteroatoms. The van der Waals surface area contributed by atoms with Crippen molar-refractivity contribution in [3.63, 3.8) is 0 Å². The van der Waals surface area contributed by atoms with Gasteiger partial charge in [0, 0.05) is 17.4 Å². The highest BCUT2D eigenvalue weighted by Gasteiger charge is 2.69. The van der Waals surface area contributed by atoms with E-state index in [0.717, 1.165) is 6.20 Å². The summed E-state index contributed by atoms with van der Waals surface area (Å²) < 4.78 is 41.3. The quantitative estimate of drug-likeness (QED) is 0.777. The van der Waals surface area contributed by atoms with Crippen LogP contribution in [0, 0.1) is 0 Å². The van der Waals surface area contributed by atoms with Gasteiger partial charge in [-0.3, -0.25) is 19.9 Å². The Kier molecular flexibility index (Phi) is 4.52. The van der Waals surface area contributed by atoms with Crippen molar-refractivity contribution in [3.05, 3.63) is 59.4 Å². The molecule has 1 unspecified atom stereocenters. The molecule has 7 nitrogen and oxygen atoms in total. The minimum absolute atomic E-state index is 0.136. The smallest absolute Gasteiger partial charge is 0.314 e. The molecule has 140 valence electrons. The Labute approximate surface area is 155 Å². The van der Waals surface area contributed by atoms with Crippen molar-refractivity contribution in [3.8, 4) is 0 Å². The average Bonchev–Trinajstić information content (AvgIpc) is 2.87. The molecular weight excluding hydrogens is 389 g/mol. The first-order valence-electron chi connectivity index (χ1n) is 7.37. The number of alkyl halides is 3. The number of pyridine rings is 1. The molecular formula is C16H10ClF3N4O3. The third kappa shape index (κ3) is 3.19. The number of nitrogens with zero attached hydrogens (tertiary/aromatic N) is 2. The van der Waals surface area contributed by atoms with Crippen LogP contribution in [0.4, 0.5) is 23.7 Å². The molecule has 3 rings (SSSR count). The maximum Gasteiger partial charge on any atom is 0.440 e. The van der Waals surface area contributed by atoms with Crippen molar-refractivity contribution in [2.24, 2.45) is 0 Å². The van der Waals surface area contributed by atoms with Crippen LogP contribution in [0.3, 0.4) is 0 Å². The van der Waals surface area contributed by atoms with E-state index < -0.39 is 29.7 Å². The van der Waals surface area contributed by atoms with E-state index >= 15 is 0 Å². The molecule has 0 spiro atoms. The monoisotopic (exact) mass is 398 g/mol. The summed E-state index contributed by atoms with van der Waals surface area (Å²) in [6.07, 6.45) is -2.96. The summed E-state index contributed by atoms with van der Waals surface area (Å²) in [4.78, 5) is 40.9. The van der Waals surface area contributed by atoms with Crippen molar-refractivity contribution in [2.45, 2.75) is 11.8 Å². The molecule has 1 aliphatic rings. The summed E-state index contributed by atoms with van der Waals surface area (Å²) in [6.45, 7) is 0. The molecule has 27 heavy (non-hydrogen) atoms. The zero-order valence-corrected chi connectivity index (χ0v) is 14.0. The fourth-order valence-electron chi connectivity index (χ4n) is 2.44. The molecule has 0 saturated carbocycles. The van der Waals surface area contributed by atoms with Gasteiger partial charge in [0.25, 0.3) is 17.5 Å². The van der Waals surface area contributed by atoms with Gasteiger partial charge in [0.1, 0.15) is 0 Å². The van der Waals surface area contributed by atoms with Crippen molar-refractivity contribution in [1.29, 1.82) is 0 Å². The molecule has 2 aromatic rings. The van der Waals surface area contributed by atoms with Gasteiger partial charge in [-0.25, -0.2) is 9.69 Å². The Morgan fingerprint density at radius 3 is 2.41 bits per heavy atom. The lowest BCUT2D eigenvalue weighted by atomic mass is 10.1. The summed E-state index contributed by atoms with van der Waals surface area (Å²) in [7, 11) is 0. The summed E-state index contributed by atoms with van der Waals surface area (Å²) in [5, 5.41) is 3.40. The predicted octanol–water partition coefficient (Wildman–Crippen LogP) is 2.48. The number of hydrogen-bond acceptors (Lipinski definition) is 4. The van der Waals surface area contributed by atoms with E-state index in [1.54, 1.807) is 10.6 Å². The van der Waals surface area contributed by atoms with E-state index in [0.29, 0.717) is 0 Å². The van der Waals surface area contributed by atoms with Gasteiger partial charge in [0.2, 0.25) is 0 Å². The lowest BCUT2D eigenvalue weighted by molar-refractivity contribution is -0.197. The molecule has 1 aromatic heterocycles. The molecule has 1 atom stereocenters. The van der Waals surface area contributed by atoms with Crippen LogP contribution in [0.1, 0.15) is 10.4 Å². The minimum Gasteiger partial charge on any atom is -0.314 e. The molecule has 1 aliphatic heterocycles. The fourth-order valence-corrected chi connectivity index (χ4v) is 2.57. The van der Waals surface area contributed by atoms with Gasteiger partial charge in [-0.15, -0.1) is 0 Å². The number of amides is 4. The minimum atomic E-state index is -5.31. The SMILES string of the molecule is O=C(NC1(C(F)(F)F)NC(=O)N(c2ccc(Cl)cc2)C1=O)c1cccnc1. The number of halogens is 4. The maximum absolute atomic E-state index is 13.8. The van der Waals surface area contributed by atoms with Gasteiger partial charge in [-0.1, -0.05) is 11.6 Å². The first kappa shape index (κ1) is 18.6. The van der Waals surface area contributed by atoms with Crippen molar-refractivity contribution < 1.29 is 27.6 Å². The van der Waals surface area contributed by atoms with Gasteiger partial charge in [-0.2, -0.15) is 13.2 Å². The molecule has 0 radical (unpaired) electrons. The number of hydrogen-bond donors (Lipinski definition) is 2. The van der Waals surface area contributed by atoms with Gasteiger partial charge >= 0.3 is 12.2 Å². The Morgan fingerprint density at radius 1 is 1.19 bits per heavy atom. The predicted molar refractivity (Wildman–Crippen MR) is 88.0 cm³/mol. The van der Waals surface area contributed by atoms with Gasteiger partial charge in [-0.05, 0) is 36.4 Å². The van der Waals surface area contributed by atoms with Crippen molar-refractivity contribution >= 4 is 35.1 Å². The van der Waals surface area contributed by atoms with Crippen LogP contribution in [0.5, 0.6) is 0 Å². The van der Waals surface area contributed by atoms with Crippen LogP contribution in [0.25, 0.3) is 0 Å². The molecule has 1 saturated heterocycles. The zero-order chi connectivity index (χ0) is 19.8. The summed E-state index contributed by atoms with van der Waals surface area (Å²) in [5.74, 6) is -2.92. The lowest BCUT2D eigenvalue weighted by Crippen LogP contribution is -2.69. The topological polar surface area (TPSA) is 91.4 Å². The van der Waals surface area contributed by atoms with Crippen LogP contribution in [-0.2, 0) is 4.79 Å². The van der Waals surface area contributed by atoms with Crippen molar-refractivity contribution in [1.82, 2.24) is 15.6 Å². The number of carbonyl (C=O) groups excluding carboxylic acids is 3. The number of imide groups is 1. The Balaban J connectivity index is 2.00. The number of anilines is 1. The number of aromatic nitrogens is 1. The van der Waals surface area contributed by atoms with E-state index in [1.807, 2.05) is 0 Å². The third-order valence-electron chi connectivity index (χ3n) is 3.76. The van der Waals surface area contributed by atoms with Crippen LogP contribution >= 0.6 is 11.6 Å². The number of benzene rings is 1. The molecule has 0 bridgehead atoms. The second-order valence-electron chi connectivity index (χ2n) is 5.49. The highest BCUT2D eigenvalue weighted by Crippen LogP contribution is 2.36. The number of carbonyl (C=O) groups is 3. The summed E-state index contributed by atoms with van der Waals surface area (Å²) in [5.41, 5.74) is -3.96. The molecule has 1 aromatic carbocycles. The van der Waals surface area contributed by atoms with E-state index in [2.05, 4.69) is 4.98 Å². The number of urea groups is 1. The third-order valence-corrected chi connectivity index (χ3v) is 4.01. The molecule has 4 amide bonds. The first-order valence-corrected chi connectivity index (χ1v) is 7.75. The highest BCUT2D eigenvalue weighted by molar-refractivity contribution is 6.31. The Hall–Kier alpha value is -3.14. The molecule has 0 aliphatic carbocycles. The standard InChI is InChI=1S/C16H10ClF3N4O3/c17-10-3-5-11(6-4-10)24-13(26)15(16(18,19)20,23-14(24)27)22-12(25)9-2-1-7-21-8-9/h1-8H,(H,22,25)(H,23,27). The number of rotatable bonds is 3. The van der Waals surface area contributed by atoms with E-state index in [-0.39, 0.29) is 21.2 Å².